The van der Waals surface area contributed by atoms with Gasteiger partial charge in [0.1, 0.15) is 0 Å². The number of hydrogen-bond acceptors (Lipinski definition) is 3. The second-order valence-corrected chi connectivity index (χ2v) is 4.69. The van der Waals surface area contributed by atoms with Crippen LogP contribution in [-0.4, -0.2) is 48.8 Å². The summed E-state index contributed by atoms with van der Waals surface area (Å²) in [7, 11) is 3.29. The van der Waals surface area contributed by atoms with E-state index in [-0.39, 0.29) is 23.4 Å². The molecule has 104 valence electrons. The third-order valence-corrected chi connectivity index (χ3v) is 3.17. The Labute approximate surface area is 117 Å². The third kappa shape index (κ3) is 3.61. The van der Waals surface area contributed by atoms with Crippen molar-refractivity contribution < 1.29 is 9.59 Å². The molecule has 0 fully saturated rings. The first-order valence-electron chi connectivity index (χ1n) is 5.91. The average molecular weight is 284 g/mol. The van der Waals surface area contributed by atoms with Crippen molar-refractivity contribution in [3.8, 4) is 0 Å². The minimum absolute atomic E-state index is 0.0213. The molecule has 0 aromatic heterocycles. The first-order valence-corrected chi connectivity index (χ1v) is 6.29. The van der Waals surface area contributed by atoms with Gasteiger partial charge in [-0.05, 0) is 19.1 Å². The molecule has 1 rings (SSSR count). The normalized spacial score (nSPS) is 10.1. The SMILES string of the molecule is CCN(CC(=O)N(C)C)C(=O)c1cccc(N)c1Cl. The van der Waals surface area contributed by atoms with Crippen molar-refractivity contribution in [1.82, 2.24) is 9.80 Å². The lowest BCUT2D eigenvalue weighted by Gasteiger charge is -2.23. The molecule has 19 heavy (non-hydrogen) atoms. The van der Waals surface area contributed by atoms with Gasteiger partial charge in [0.25, 0.3) is 5.91 Å². The fourth-order valence-corrected chi connectivity index (χ4v) is 1.72. The van der Waals surface area contributed by atoms with E-state index in [0.717, 1.165) is 0 Å². The number of nitrogen functional groups attached to an aromatic ring is 1. The minimum Gasteiger partial charge on any atom is -0.398 e. The molecular weight excluding hydrogens is 266 g/mol. The number of anilines is 1. The molecule has 5 nitrogen and oxygen atoms in total. The van der Waals surface area contributed by atoms with Crippen LogP contribution < -0.4 is 5.73 Å². The largest absolute Gasteiger partial charge is 0.398 e. The molecule has 0 radical (unpaired) electrons. The Kier molecular flexibility index (Phi) is 5.18. The van der Waals surface area contributed by atoms with Crippen molar-refractivity contribution in [1.29, 1.82) is 0 Å². The molecule has 1 aromatic rings. The molecule has 0 heterocycles. The van der Waals surface area contributed by atoms with Gasteiger partial charge in [-0.15, -0.1) is 0 Å². The van der Waals surface area contributed by atoms with Crippen LogP contribution in [0, 0.1) is 0 Å². The molecule has 0 aliphatic rings. The zero-order valence-electron chi connectivity index (χ0n) is 11.3. The third-order valence-electron chi connectivity index (χ3n) is 2.75. The Morgan fingerprint density at radius 3 is 2.47 bits per heavy atom. The fraction of sp³-hybridized carbons (Fsp3) is 0.385. The van der Waals surface area contributed by atoms with Crippen LogP contribution in [0.15, 0.2) is 18.2 Å². The summed E-state index contributed by atoms with van der Waals surface area (Å²) in [4.78, 5) is 26.9. The van der Waals surface area contributed by atoms with Gasteiger partial charge >= 0.3 is 0 Å². The monoisotopic (exact) mass is 283 g/mol. The molecule has 0 unspecified atom stereocenters. The van der Waals surface area contributed by atoms with Gasteiger partial charge in [-0.1, -0.05) is 17.7 Å². The molecule has 2 N–H and O–H groups in total. The summed E-state index contributed by atoms with van der Waals surface area (Å²) in [6.07, 6.45) is 0. The number of likely N-dealkylation sites (N-methyl/N-ethyl adjacent to an activating group) is 2. The highest BCUT2D eigenvalue weighted by molar-refractivity contribution is 6.36. The molecule has 6 heteroatoms. The number of hydrogen-bond donors (Lipinski definition) is 1. The van der Waals surface area contributed by atoms with Gasteiger partial charge in [0, 0.05) is 20.6 Å². The zero-order valence-corrected chi connectivity index (χ0v) is 12.1. The van der Waals surface area contributed by atoms with E-state index in [2.05, 4.69) is 0 Å². The number of halogens is 1. The van der Waals surface area contributed by atoms with Crippen molar-refractivity contribution in [3.05, 3.63) is 28.8 Å². The molecule has 1 aromatic carbocycles. The van der Waals surface area contributed by atoms with Crippen molar-refractivity contribution in [2.45, 2.75) is 6.92 Å². The first-order chi connectivity index (χ1) is 8.88. The number of nitrogens with zero attached hydrogens (tertiary/aromatic N) is 2. The highest BCUT2D eigenvalue weighted by atomic mass is 35.5. The van der Waals surface area contributed by atoms with Crippen molar-refractivity contribution in [2.24, 2.45) is 0 Å². The minimum atomic E-state index is -0.296. The number of nitrogens with two attached hydrogens (primary N) is 1. The lowest BCUT2D eigenvalue weighted by Crippen LogP contribution is -2.40. The number of amides is 2. The van der Waals surface area contributed by atoms with Crippen LogP contribution in [0.25, 0.3) is 0 Å². The predicted octanol–water partition coefficient (Wildman–Crippen LogP) is 1.47. The van der Waals surface area contributed by atoms with Crippen molar-refractivity contribution in [3.63, 3.8) is 0 Å². The summed E-state index contributed by atoms with van der Waals surface area (Å²) < 4.78 is 0. The number of carbonyl (C=O) groups is 2. The zero-order chi connectivity index (χ0) is 14.6. The van der Waals surface area contributed by atoms with Gasteiger partial charge in [-0.3, -0.25) is 9.59 Å². The molecule has 0 saturated carbocycles. The molecule has 0 spiro atoms. The highest BCUT2D eigenvalue weighted by Crippen LogP contribution is 2.24. The maximum absolute atomic E-state index is 12.3. The summed E-state index contributed by atoms with van der Waals surface area (Å²) in [5.41, 5.74) is 6.34. The van der Waals surface area contributed by atoms with Gasteiger partial charge < -0.3 is 15.5 Å². The van der Waals surface area contributed by atoms with Crippen LogP contribution in [0.2, 0.25) is 5.02 Å². The first kappa shape index (κ1) is 15.3. The second-order valence-electron chi connectivity index (χ2n) is 4.32. The Balaban J connectivity index is 2.96. The van der Waals surface area contributed by atoms with Gasteiger partial charge in [-0.25, -0.2) is 0 Å². The van der Waals surface area contributed by atoms with Gasteiger partial charge in [0.05, 0.1) is 22.8 Å². The van der Waals surface area contributed by atoms with E-state index >= 15 is 0 Å². The lowest BCUT2D eigenvalue weighted by molar-refractivity contribution is -0.129. The molecule has 0 aliphatic carbocycles. The predicted molar refractivity (Wildman–Crippen MR) is 76.1 cm³/mol. The Morgan fingerprint density at radius 2 is 1.95 bits per heavy atom. The standard InChI is InChI=1S/C13H18ClN3O2/c1-4-17(8-11(18)16(2)3)13(19)9-6-5-7-10(15)12(9)14/h5-7H,4,8,15H2,1-3H3. The Hall–Kier alpha value is -1.75. The average Bonchev–Trinajstić information content (AvgIpc) is 2.38. The maximum Gasteiger partial charge on any atom is 0.255 e. The van der Waals surface area contributed by atoms with Crippen molar-refractivity contribution >= 4 is 29.1 Å². The molecular formula is C13H18ClN3O2. The van der Waals surface area contributed by atoms with Gasteiger partial charge in [0.15, 0.2) is 0 Å². The molecule has 0 saturated heterocycles. The van der Waals surface area contributed by atoms with E-state index in [0.29, 0.717) is 17.8 Å². The van der Waals surface area contributed by atoms with Crippen LogP contribution in [0.5, 0.6) is 0 Å². The number of carbonyl (C=O) groups excluding carboxylic acids is 2. The van der Waals surface area contributed by atoms with Crippen LogP contribution in [0.1, 0.15) is 17.3 Å². The Morgan fingerprint density at radius 1 is 1.32 bits per heavy atom. The maximum atomic E-state index is 12.3. The molecule has 2 amide bonds. The quantitative estimate of drug-likeness (QED) is 0.851. The van der Waals surface area contributed by atoms with Crippen LogP contribution in [0.4, 0.5) is 5.69 Å². The van der Waals surface area contributed by atoms with E-state index in [1.54, 1.807) is 39.2 Å². The topological polar surface area (TPSA) is 66.6 Å². The van der Waals surface area contributed by atoms with Gasteiger partial charge in [-0.2, -0.15) is 0 Å². The van der Waals surface area contributed by atoms with E-state index < -0.39 is 0 Å². The fourth-order valence-electron chi connectivity index (χ4n) is 1.52. The van der Waals surface area contributed by atoms with Crippen LogP contribution in [0.3, 0.4) is 0 Å². The van der Waals surface area contributed by atoms with E-state index in [4.69, 9.17) is 17.3 Å². The summed E-state index contributed by atoms with van der Waals surface area (Å²) in [5.74, 6) is -0.440. The number of benzene rings is 1. The second kappa shape index (κ2) is 6.43. The summed E-state index contributed by atoms with van der Waals surface area (Å²) in [6, 6.07) is 4.89. The lowest BCUT2D eigenvalue weighted by atomic mass is 10.1. The van der Waals surface area contributed by atoms with E-state index in [9.17, 15) is 9.59 Å². The molecule has 0 bridgehead atoms. The van der Waals surface area contributed by atoms with E-state index in [1.807, 2.05) is 0 Å². The highest BCUT2D eigenvalue weighted by Gasteiger charge is 2.20. The van der Waals surface area contributed by atoms with Crippen molar-refractivity contribution in [2.75, 3.05) is 32.9 Å². The van der Waals surface area contributed by atoms with E-state index in [1.165, 1.54) is 9.80 Å². The van der Waals surface area contributed by atoms with Gasteiger partial charge in [0.2, 0.25) is 5.91 Å². The van der Waals surface area contributed by atoms with Crippen LogP contribution >= 0.6 is 11.6 Å². The molecule has 0 aliphatic heterocycles. The summed E-state index contributed by atoms with van der Waals surface area (Å²) >= 11 is 6.02. The summed E-state index contributed by atoms with van der Waals surface area (Å²) in [5, 5.41) is 0.225. The smallest absolute Gasteiger partial charge is 0.255 e. The number of rotatable bonds is 4. The molecule has 0 atom stereocenters. The Bertz CT molecular complexity index is 489. The van der Waals surface area contributed by atoms with Crippen LogP contribution in [-0.2, 0) is 4.79 Å². The summed E-state index contributed by atoms with van der Waals surface area (Å²) in [6.45, 7) is 2.25.